The lowest BCUT2D eigenvalue weighted by Gasteiger charge is -2.22. The number of aliphatic hydroxyl groups excluding tert-OH is 1. The maximum atomic E-state index is 13.0. The molecule has 5 heteroatoms. The van der Waals surface area contributed by atoms with E-state index in [0.717, 1.165) is 0 Å². The van der Waals surface area contributed by atoms with E-state index in [1.807, 2.05) is 13.8 Å². The van der Waals surface area contributed by atoms with Crippen LogP contribution in [0.5, 0.6) is 5.75 Å². The van der Waals surface area contributed by atoms with Crippen LogP contribution in [0, 0.1) is 11.7 Å². The molecule has 0 radical (unpaired) electrons. The van der Waals surface area contributed by atoms with Gasteiger partial charge >= 0.3 is 0 Å². The zero-order valence-electron chi connectivity index (χ0n) is 9.01. The Labute approximate surface area is 111 Å². The van der Waals surface area contributed by atoms with Gasteiger partial charge in [-0.25, -0.2) is 4.39 Å². The molecule has 0 aliphatic rings. The van der Waals surface area contributed by atoms with E-state index in [9.17, 15) is 4.39 Å². The predicted octanol–water partition coefficient (Wildman–Crippen LogP) is 3.75. The molecule has 16 heavy (non-hydrogen) atoms. The fraction of sp³-hybridized carbons (Fsp3) is 0.455. The molecule has 1 aromatic carbocycles. The number of hydrogen-bond donors (Lipinski definition) is 1. The Morgan fingerprint density at radius 3 is 2.19 bits per heavy atom. The van der Waals surface area contributed by atoms with Crippen LogP contribution in [0.15, 0.2) is 21.1 Å². The van der Waals surface area contributed by atoms with E-state index >= 15 is 0 Å². The summed E-state index contributed by atoms with van der Waals surface area (Å²) >= 11 is 6.46. The van der Waals surface area contributed by atoms with E-state index < -0.39 is 0 Å². The third kappa shape index (κ3) is 3.43. The molecule has 0 aliphatic heterocycles. The summed E-state index contributed by atoms with van der Waals surface area (Å²) in [7, 11) is 0. The summed E-state index contributed by atoms with van der Waals surface area (Å²) in [4.78, 5) is 0. The molecule has 0 aliphatic carbocycles. The first-order valence-corrected chi connectivity index (χ1v) is 6.46. The van der Waals surface area contributed by atoms with Crippen molar-refractivity contribution in [3.63, 3.8) is 0 Å². The SMILES string of the molecule is CC(C)C(CO)Oc1c(Br)cc(F)cc1Br. The van der Waals surface area contributed by atoms with E-state index in [1.54, 1.807) is 0 Å². The van der Waals surface area contributed by atoms with Gasteiger partial charge in [0.15, 0.2) is 0 Å². The first kappa shape index (κ1) is 13.9. The average molecular weight is 356 g/mol. The molecule has 1 N–H and O–H groups in total. The van der Waals surface area contributed by atoms with Gasteiger partial charge in [0.1, 0.15) is 17.7 Å². The molecular formula is C11H13Br2FO2. The van der Waals surface area contributed by atoms with Crippen LogP contribution < -0.4 is 4.74 Å². The highest BCUT2D eigenvalue weighted by Crippen LogP contribution is 2.35. The van der Waals surface area contributed by atoms with Crippen molar-refractivity contribution < 1.29 is 14.2 Å². The Bertz CT molecular complexity index is 346. The molecule has 90 valence electrons. The van der Waals surface area contributed by atoms with Crippen LogP contribution in [0.2, 0.25) is 0 Å². The van der Waals surface area contributed by atoms with Crippen molar-refractivity contribution in [2.45, 2.75) is 20.0 Å². The van der Waals surface area contributed by atoms with Gasteiger partial charge < -0.3 is 9.84 Å². The Hall–Kier alpha value is -0.130. The summed E-state index contributed by atoms with van der Waals surface area (Å²) in [5.41, 5.74) is 0. The van der Waals surface area contributed by atoms with E-state index in [0.29, 0.717) is 14.7 Å². The van der Waals surface area contributed by atoms with Gasteiger partial charge in [0.25, 0.3) is 0 Å². The largest absolute Gasteiger partial charge is 0.485 e. The highest BCUT2D eigenvalue weighted by atomic mass is 79.9. The lowest BCUT2D eigenvalue weighted by Crippen LogP contribution is -2.27. The van der Waals surface area contributed by atoms with Gasteiger partial charge in [0, 0.05) is 0 Å². The molecule has 0 heterocycles. The van der Waals surface area contributed by atoms with E-state index in [2.05, 4.69) is 31.9 Å². The van der Waals surface area contributed by atoms with Gasteiger partial charge in [0.2, 0.25) is 0 Å². The number of ether oxygens (including phenoxy) is 1. The van der Waals surface area contributed by atoms with Gasteiger partial charge in [-0.3, -0.25) is 0 Å². The average Bonchev–Trinajstić information content (AvgIpc) is 2.15. The van der Waals surface area contributed by atoms with E-state index in [1.165, 1.54) is 12.1 Å². The minimum atomic E-state index is -0.351. The number of halogens is 3. The normalized spacial score (nSPS) is 12.9. The van der Waals surface area contributed by atoms with Crippen molar-refractivity contribution >= 4 is 31.9 Å². The van der Waals surface area contributed by atoms with Crippen molar-refractivity contribution in [1.29, 1.82) is 0 Å². The predicted molar refractivity (Wildman–Crippen MR) is 68.1 cm³/mol. The quantitative estimate of drug-likeness (QED) is 0.891. The van der Waals surface area contributed by atoms with Crippen molar-refractivity contribution in [3.8, 4) is 5.75 Å². The van der Waals surface area contributed by atoms with Crippen LogP contribution in [0.4, 0.5) is 4.39 Å². The van der Waals surface area contributed by atoms with Gasteiger partial charge in [-0.15, -0.1) is 0 Å². The van der Waals surface area contributed by atoms with Crippen LogP contribution in [-0.2, 0) is 0 Å². The molecule has 0 fully saturated rings. The molecule has 0 aromatic heterocycles. The second-order valence-corrected chi connectivity index (χ2v) is 5.49. The summed E-state index contributed by atoms with van der Waals surface area (Å²) in [6, 6.07) is 2.66. The minimum Gasteiger partial charge on any atom is -0.485 e. The second kappa shape index (κ2) is 5.98. The van der Waals surface area contributed by atoms with Gasteiger partial charge in [0.05, 0.1) is 15.6 Å². The summed E-state index contributed by atoms with van der Waals surface area (Å²) in [6.07, 6.45) is -0.307. The molecule has 0 saturated heterocycles. The van der Waals surface area contributed by atoms with Crippen LogP contribution >= 0.6 is 31.9 Å². The molecule has 2 nitrogen and oxygen atoms in total. The summed E-state index contributed by atoms with van der Waals surface area (Å²) < 4.78 is 19.7. The second-order valence-electron chi connectivity index (χ2n) is 3.78. The summed E-state index contributed by atoms with van der Waals surface area (Å²) in [5.74, 6) is 0.333. The Morgan fingerprint density at radius 1 is 1.31 bits per heavy atom. The summed E-state index contributed by atoms with van der Waals surface area (Å²) in [5, 5.41) is 9.16. The topological polar surface area (TPSA) is 29.5 Å². The fourth-order valence-corrected chi connectivity index (χ4v) is 2.49. The maximum Gasteiger partial charge on any atom is 0.148 e. The van der Waals surface area contributed by atoms with Gasteiger partial charge in [-0.05, 0) is 49.9 Å². The van der Waals surface area contributed by atoms with Crippen molar-refractivity contribution in [3.05, 3.63) is 26.9 Å². The van der Waals surface area contributed by atoms with Crippen molar-refractivity contribution in [2.24, 2.45) is 5.92 Å². The molecule has 0 spiro atoms. The van der Waals surface area contributed by atoms with Crippen LogP contribution in [0.3, 0.4) is 0 Å². The van der Waals surface area contributed by atoms with E-state index in [-0.39, 0.29) is 24.4 Å². The van der Waals surface area contributed by atoms with Gasteiger partial charge in [-0.1, -0.05) is 13.8 Å². The lowest BCUT2D eigenvalue weighted by molar-refractivity contribution is 0.0787. The molecule has 1 atom stereocenters. The third-order valence-corrected chi connectivity index (χ3v) is 3.33. The number of benzene rings is 1. The van der Waals surface area contributed by atoms with Crippen LogP contribution in [0.25, 0.3) is 0 Å². The number of hydrogen-bond acceptors (Lipinski definition) is 2. The fourth-order valence-electron chi connectivity index (χ4n) is 1.18. The Morgan fingerprint density at radius 2 is 1.81 bits per heavy atom. The molecule has 1 rings (SSSR count). The molecule has 1 unspecified atom stereocenters. The monoisotopic (exact) mass is 354 g/mol. The van der Waals surface area contributed by atoms with Crippen molar-refractivity contribution in [1.82, 2.24) is 0 Å². The number of rotatable bonds is 4. The maximum absolute atomic E-state index is 13.0. The summed E-state index contributed by atoms with van der Waals surface area (Å²) in [6.45, 7) is 3.83. The Kier molecular flexibility index (Phi) is 5.21. The smallest absolute Gasteiger partial charge is 0.148 e. The van der Waals surface area contributed by atoms with Crippen LogP contribution in [0.1, 0.15) is 13.8 Å². The van der Waals surface area contributed by atoms with Gasteiger partial charge in [-0.2, -0.15) is 0 Å². The highest BCUT2D eigenvalue weighted by Gasteiger charge is 2.18. The zero-order chi connectivity index (χ0) is 12.3. The molecule has 0 saturated carbocycles. The first-order chi connectivity index (χ1) is 7.45. The zero-order valence-corrected chi connectivity index (χ0v) is 12.2. The van der Waals surface area contributed by atoms with Crippen molar-refractivity contribution in [2.75, 3.05) is 6.61 Å². The molecule has 1 aromatic rings. The highest BCUT2D eigenvalue weighted by molar-refractivity contribution is 9.11. The molecule has 0 amide bonds. The van der Waals surface area contributed by atoms with E-state index in [4.69, 9.17) is 9.84 Å². The number of aliphatic hydroxyl groups is 1. The lowest BCUT2D eigenvalue weighted by atomic mass is 10.1. The molecule has 0 bridgehead atoms. The Balaban J connectivity index is 2.96. The standard InChI is InChI=1S/C11H13Br2FO2/c1-6(2)10(5-15)16-11-8(12)3-7(14)4-9(11)13/h3-4,6,10,15H,5H2,1-2H3. The third-order valence-electron chi connectivity index (χ3n) is 2.16. The first-order valence-electron chi connectivity index (χ1n) is 4.87. The van der Waals surface area contributed by atoms with Crippen LogP contribution in [-0.4, -0.2) is 17.8 Å². The molecular weight excluding hydrogens is 343 g/mol. The minimum absolute atomic E-state index is 0.0755.